The van der Waals surface area contributed by atoms with Gasteiger partial charge in [-0.15, -0.1) is 0 Å². The zero-order valence-corrected chi connectivity index (χ0v) is 11.5. The summed E-state index contributed by atoms with van der Waals surface area (Å²) in [5.41, 5.74) is 1.34. The third-order valence-corrected chi connectivity index (χ3v) is 3.56. The van der Waals surface area contributed by atoms with Crippen molar-refractivity contribution in [1.82, 2.24) is 10.2 Å². The second-order valence-electron chi connectivity index (χ2n) is 5.19. The maximum atomic E-state index is 5.17. The third-order valence-electron chi connectivity index (χ3n) is 3.56. The molecule has 1 saturated heterocycles. The lowest BCUT2D eigenvalue weighted by Crippen LogP contribution is -2.42. The van der Waals surface area contributed by atoms with Crippen molar-refractivity contribution in [2.24, 2.45) is 0 Å². The molecule has 0 aromatic heterocycles. The van der Waals surface area contributed by atoms with E-state index in [4.69, 9.17) is 4.74 Å². The predicted octanol–water partition coefficient (Wildman–Crippen LogP) is 2.27. The van der Waals surface area contributed by atoms with E-state index in [2.05, 4.69) is 29.4 Å². The zero-order valence-electron chi connectivity index (χ0n) is 11.5. The van der Waals surface area contributed by atoms with Crippen LogP contribution in [0.5, 0.6) is 5.75 Å². The number of ether oxygens (including phenoxy) is 1. The van der Waals surface area contributed by atoms with Gasteiger partial charge in [0.15, 0.2) is 0 Å². The second-order valence-corrected chi connectivity index (χ2v) is 5.19. The van der Waals surface area contributed by atoms with Crippen molar-refractivity contribution in [1.29, 1.82) is 0 Å². The number of likely N-dealkylation sites (N-methyl/N-ethyl adjacent to an activating group) is 1. The van der Waals surface area contributed by atoms with Crippen LogP contribution in [0.4, 0.5) is 0 Å². The first-order valence-corrected chi connectivity index (χ1v) is 6.83. The Morgan fingerprint density at radius 1 is 1.28 bits per heavy atom. The summed E-state index contributed by atoms with van der Waals surface area (Å²) < 4.78 is 5.17. The van der Waals surface area contributed by atoms with Crippen molar-refractivity contribution in [2.45, 2.75) is 31.8 Å². The van der Waals surface area contributed by atoms with Crippen LogP contribution in [-0.4, -0.2) is 38.2 Å². The zero-order chi connectivity index (χ0) is 12.8. The summed E-state index contributed by atoms with van der Waals surface area (Å²) in [5, 5.41) is 3.59. The molecule has 1 unspecified atom stereocenters. The van der Waals surface area contributed by atoms with E-state index in [9.17, 15) is 0 Å². The topological polar surface area (TPSA) is 24.5 Å². The maximum Gasteiger partial charge on any atom is 0.118 e. The molecule has 3 heteroatoms. The normalized spacial score (nSPS) is 20.1. The summed E-state index contributed by atoms with van der Waals surface area (Å²) >= 11 is 0. The standard InChI is InChI=1S/C15H24N2O/c1-17(12-14-5-3-4-10-16-14)11-13-6-8-15(18-2)9-7-13/h6-9,14,16H,3-5,10-12H2,1-2H3. The molecule has 1 aliphatic heterocycles. The Morgan fingerprint density at radius 2 is 2.06 bits per heavy atom. The van der Waals surface area contributed by atoms with E-state index >= 15 is 0 Å². The Labute approximate surface area is 110 Å². The van der Waals surface area contributed by atoms with E-state index < -0.39 is 0 Å². The van der Waals surface area contributed by atoms with Gasteiger partial charge < -0.3 is 15.0 Å². The largest absolute Gasteiger partial charge is 0.497 e. The van der Waals surface area contributed by atoms with Gasteiger partial charge in [0, 0.05) is 19.1 Å². The highest BCUT2D eigenvalue weighted by Gasteiger charge is 2.14. The van der Waals surface area contributed by atoms with Crippen LogP contribution in [-0.2, 0) is 6.54 Å². The van der Waals surface area contributed by atoms with Gasteiger partial charge in [-0.05, 0) is 44.1 Å². The Balaban J connectivity index is 1.80. The molecule has 0 radical (unpaired) electrons. The molecule has 1 N–H and O–H groups in total. The smallest absolute Gasteiger partial charge is 0.118 e. The van der Waals surface area contributed by atoms with Gasteiger partial charge >= 0.3 is 0 Å². The van der Waals surface area contributed by atoms with Crippen LogP contribution in [0.3, 0.4) is 0 Å². The molecule has 100 valence electrons. The monoisotopic (exact) mass is 248 g/mol. The molecule has 1 aromatic carbocycles. The lowest BCUT2D eigenvalue weighted by molar-refractivity contribution is 0.256. The van der Waals surface area contributed by atoms with Gasteiger partial charge in [-0.1, -0.05) is 18.6 Å². The van der Waals surface area contributed by atoms with Crippen molar-refractivity contribution in [3.05, 3.63) is 29.8 Å². The van der Waals surface area contributed by atoms with E-state index in [1.54, 1.807) is 7.11 Å². The number of hydrogen-bond donors (Lipinski definition) is 1. The Kier molecular flexibility index (Phi) is 5.02. The predicted molar refractivity (Wildman–Crippen MR) is 75.0 cm³/mol. The molecule has 1 heterocycles. The van der Waals surface area contributed by atoms with E-state index in [1.165, 1.54) is 31.4 Å². The van der Waals surface area contributed by atoms with Gasteiger partial charge in [-0.3, -0.25) is 0 Å². The summed E-state index contributed by atoms with van der Waals surface area (Å²) in [5.74, 6) is 0.926. The number of benzene rings is 1. The average Bonchev–Trinajstić information content (AvgIpc) is 2.40. The molecule has 18 heavy (non-hydrogen) atoms. The fourth-order valence-corrected chi connectivity index (χ4v) is 2.56. The third kappa shape index (κ3) is 4.00. The highest BCUT2D eigenvalue weighted by molar-refractivity contribution is 5.27. The molecule has 0 bridgehead atoms. The van der Waals surface area contributed by atoms with Crippen LogP contribution in [0.25, 0.3) is 0 Å². The van der Waals surface area contributed by atoms with E-state index in [0.29, 0.717) is 6.04 Å². The second kappa shape index (κ2) is 6.76. The summed E-state index contributed by atoms with van der Waals surface area (Å²) in [6, 6.07) is 9.01. The molecule has 0 aliphatic carbocycles. The van der Waals surface area contributed by atoms with E-state index in [0.717, 1.165) is 18.8 Å². The van der Waals surface area contributed by atoms with E-state index in [1.807, 2.05) is 12.1 Å². The molecule has 1 atom stereocenters. The first-order chi connectivity index (χ1) is 8.78. The maximum absolute atomic E-state index is 5.17. The SMILES string of the molecule is COc1ccc(CN(C)CC2CCCCN2)cc1. The summed E-state index contributed by atoms with van der Waals surface area (Å²) in [6.07, 6.45) is 4.01. The molecule has 0 amide bonds. The van der Waals surface area contributed by atoms with Crippen molar-refractivity contribution in [3.8, 4) is 5.75 Å². The van der Waals surface area contributed by atoms with Crippen LogP contribution in [0.15, 0.2) is 24.3 Å². The summed E-state index contributed by atoms with van der Waals surface area (Å²) in [4.78, 5) is 2.39. The number of piperidine rings is 1. The molecule has 0 saturated carbocycles. The molecule has 3 nitrogen and oxygen atoms in total. The molecule has 1 fully saturated rings. The Bertz CT molecular complexity index is 344. The van der Waals surface area contributed by atoms with E-state index in [-0.39, 0.29) is 0 Å². The summed E-state index contributed by atoms with van der Waals surface area (Å²) in [7, 11) is 3.90. The van der Waals surface area contributed by atoms with Crippen molar-refractivity contribution in [2.75, 3.05) is 27.2 Å². The van der Waals surface area contributed by atoms with Gasteiger partial charge in [0.2, 0.25) is 0 Å². The summed E-state index contributed by atoms with van der Waals surface area (Å²) in [6.45, 7) is 3.31. The lowest BCUT2D eigenvalue weighted by Gasteiger charge is -2.28. The highest BCUT2D eigenvalue weighted by Crippen LogP contribution is 2.13. The van der Waals surface area contributed by atoms with Gasteiger partial charge in [0.25, 0.3) is 0 Å². The first kappa shape index (κ1) is 13.4. The van der Waals surface area contributed by atoms with Gasteiger partial charge in [0.05, 0.1) is 7.11 Å². The van der Waals surface area contributed by atoms with Crippen LogP contribution in [0.1, 0.15) is 24.8 Å². The van der Waals surface area contributed by atoms with Crippen LogP contribution < -0.4 is 10.1 Å². The highest BCUT2D eigenvalue weighted by atomic mass is 16.5. The molecule has 1 aromatic rings. The number of methoxy groups -OCH3 is 1. The van der Waals surface area contributed by atoms with Crippen LogP contribution >= 0.6 is 0 Å². The van der Waals surface area contributed by atoms with Crippen molar-refractivity contribution < 1.29 is 4.74 Å². The first-order valence-electron chi connectivity index (χ1n) is 6.83. The quantitative estimate of drug-likeness (QED) is 0.865. The Hall–Kier alpha value is -1.06. The molecule has 0 spiro atoms. The lowest BCUT2D eigenvalue weighted by atomic mass is 10.0. The number of rotatable bonds is 5. The Morgan fingerprint density at radius 3 is 2.67 bits per heavy atom. The fourth-order valence-electron chi connectivity index (χ4n) is 2.56. The minimum atomic E-state index is 0.669. The number of hydrogen-bond acceptors (Lipinski definition) is 3. The minimum Gasteiger partial charge on any atom is -0.497 e. The number of nitrogens with one attached hydrogen (secondary N) is 1. The minimum absolute atomic E-state index is 0.669. The number of nitrogens with zero attached hydrogens (tertiary/aromatic N) is 1. The van der Waals surface area contributed by atoms with Crippen molar-refractivity contribution >= 4 is 0 Å². The van der Waals surface area contributed by atoms with Crippen LogP contribution in [0.2, 0.25) is 0 Å². The molecule has 2 rings (SSSR count). The molecule has 1 aliphatic rings. The van der Waals surface area contributed by atoms with Crippen molar-refractivity contribution in [3.63, 3.8) is 0 Å². The molecular formula is C15H24N2O. The van der Waals surface area contributed by atoms with Gasteiger partial charge in [-0.2, -0.15) is 0 Å². The van der Waals surface area contributed by atoms with Gasteiger partial charge in [0.1, 0.15) is 5.75 Å². The average molecular weight is 248 g/mol. The van der Waals surface area contributed by atoms with Crippen LogP contribution in [0, 0.1) is 0 Å². The van der Waals surface area contributed by atoms with Gasteiger partial charge in [-0.25, -0.2) is 0 Å². The molecular weight excluding hydrogens is 224 g/mol. The fraction of sp³-hybridized carbons (Fsp3) is 0.600.